The van der Waals surface area contributed by atoms with Gasteiger partial charge in [-0.2, -0.15) is 0 Å². The van der Waals surface area contributed by atoms with E-state index in [0.29, 0.717) is 17.7 Å². The molecule has 7 nitrogen and oxygen atoms in total. The van der Waals surface area contributed by atoms with Gasteiger partial charge in [-0.3, -0.25) is 4.90 Å². The van der Waals surface area contributed by atoms with E-state index in [4.69, 9.17) is 9.15 Å². The lowest BCUT2D eigenvalue weighted by atomic mass is 9.98. The smallest absolute Gasteiger partial charge is 0.231 e. The number of hydrogen-bond donors (Lipinski definition) is 0. The molecule has 1 aliphatic carbocycles. The molecule has 0 atom stereocenters. The summed E-state index contributed by atoms with van der Waals surface area (Å²) in [6.07, 6.45) is 10.0. The summed E-state index contributed by atoms with van der Waals surface area (Å²) >= 11 is 0. The van der Waals surface area contributed by atoms with E-state index in [1.165, 1.54) is 19.2 Å². The molecule has 0 N–H and O–H groups in total. The van der Waals surface area contributed by atoms with Crippen LogP contribution in [0.1, 0.15) is 43.0 Å². The van der Waals surface area contributed by atoms with Crippen LogP contribution < -0.4 is 4.74 Å². The van der Waals surface area contributed by atoms with Crippen LogP contribution in [0.15, 0.2) is 35.4 Å². The number of piperidine rings is 1. The van der Waals surface area contributed by atoms with Crippen molar-refractivity contribution in [1.29, 1.82) is 0 Å². The number of aromatic nitrogens is 4. The maximum atomic E-state index is 5.97. The largest absolute Gasteiger partial charge is 0.476 e. The lowest BCUT2D eigenvalue weighted by Crippen LogP contribution is -2.35. The first-order chi connectivity index (χ1) is 12.8. The fourth-order valence-electron chi connectivity index (χ4n) is 3.59. The maximum Gasteiger partial charge on any atom is 0.231 e. The van der Waals surface area contributed by atoms with E-state index in [-0.39, 0.29) is 0 Å². The van der Waals surface area contributed by atoms with E-state index in [2.05, 4.69) is 20.0 Å². The molecule has 0 amide bonds. The Bertz CT molecular complexity index is 863. The Morgan fingerprint density at radius 3 is 2.81 bits per heavy atom. The van der Waals surface area contributed by atoms with Crippen LogP contribution in [-0.2, 0) is 6.54 Å². The number of ether oxygens (including phenoxy) is 1. The Hall–Kier alpha value is -2.41. The van der Waals surface area contributed by atoms with Gasteiger partial charge in [-0.25, -0.2) is 14.5 Å². The van der Waals surface area contributed by atoms with Gasteiger partial charge in [0, 0.05) is 18.5 Å². The van der Waals surface area contributed by atoms with E-state index < -0.39 is 0 Å². The molecule has 1 aliphatic heterocycles. The third-order valence-electron chi connectivity index (χ3n) is 5.35. The van der Waals surface area contributed by atoms with E-state index >= 15 is 0 Å². The van der Waals surface area contributed by atoms with Gasteiger partial charge in [-0.1, -0.05) is 0 Å². The number of nitrogens with zero attached hydrogens (tertiary/aromatic N) is 5. The topological polar surface area (TPSA) is 68.7 Å². The second kappa shape index (κ2) is 6.72. The van der Waals surface area contributed by atoms with Gasteiger partial charge in [0.25, 0.3) is 0 Å². The average Bonchev–Trinajstić information content (AvgIpc) is 3.23. The summed E-state index contributed by atoms with van der Waals surface area (Å²) in [5, 5.41) is 4.56. The van der Waals surface area contributed by atoms with Gasteiger partial charge in [0.15, 0.2) is 12.0 Å². The summed E-state index contributed by atoms with van der Waals surface area (Å²) in [5.41, 5.74) is 3.07. The summed E-state index contributed by atoms with van der Waals surface area (Å²) in [6.45, 7) is 3.73. The number of likely N-dealkylation sites (tertiary alicyclic amines) is 1. The Balaban J connectivity index is 1.13. The van der Waals surface area contributed by atoms with Crippen LogP contribution >= 0.6 is 0 Å². The van der Waals surface area contributed by atoms with Crippen LogP contribution in [0.4, 0.5) is 0 Å². The van der Waals surface area contributed by atoms with Crippen molar-refractivity contribution < 1.29 is 9.15 Å². The maximum absolute atomic E-state index is 5.97. The van der Waals surface area contributed by atoms with Crippen LogP contribution in [0.2, 0.25) is 0 Å². The minimum atomic E-state index is 0.575. The predicted octanol–water partition coefficient (Wildman–Crippen LogP) is 2.89. The molecule has 5 rings (SSSR count). The van der Waals surface area contributed by atoms with Gasteiger partial charge in [-0.15, -0.1) is 5.10 Å². The predicted molar refractivity (Wildman–Crippen MR) is 95.0 cm³/mol. The van der Waals surface area contributed by atoms with E-state index in [0.717, 1.165) is 56.1 Å². The molecule has 0 bridgehead atoms. The Labute approximate surface area is 152 Å². The highest BCUT2D eigenvalue weighted by atomic mass is 16.5. The number of oxazole rings is 1. The van der Waals surface area contributed by atoms with Crippen LogP contribution in [0.25, 0.3) is 5.65 Å². The first-order valence-corrected chi connectivity index (χ1v) is 9.42. The number of imidazole rings is 1. The van der Waals surface area contributed by atoms with Crippen molar-refractivity contribution in [1.82, 2.24) is 24.5 Å². The van der Waals surface area contributed by atoms with Crippen LogP contribution in [0.3, 0.4) is 0 Å². The SMILES string of the molecule is c1nc(CN2CCC(COc3ccc4nc(C5CC5)cn4n3)CC2)co1. The highest BCUT2D eigenvalue weighted by Crippen LogP contribution is 2.39. The Kier molecular flexibility index (Phi) is 4.09. The highest BCUT2D eigenvalue weighted by molar-refractivity contribution is 5.40. The van der Waals surface area contributed by atoms with Crippen LogP contribution in [0.5, 0.6) is 5.88 Å². The van der Waals surface area contributed by atoms with Crippen LogP contribution in [-0.4, -0.2) is 44.2 Å². The van der Waals surface area contributed by atoms with Crippen molar-refractivity contribution in [2.75, 3.05) is 19.7 Å². The molecule has 0 aromatic carbocycles. The molecule has 0 radical (unpaired) electrons. The van der Waals surface area contributed by atoms with Crippen molar-refractivity contribution >= 4 is 5.65 Å². The molecule has 1 saturated carbocycles. The average molecular weight is 353 g/mol. The third-order valence-corrected chi connectivity index (χ3v) is 5.35. The molecule has 0 spiro atoms. The minimum absolute atomic E-state index is 0.575. The molecule has 3 aromatic heterocycles. The first-order valence-electron chi connectivity index (χ1n) is 9.42. The Morgan fingerprint density at radius 1 is 1.15 bits per heavy atom. The number of hydrogen-bond acceptors (Lipinski definition) is 6. The van der Waals surface area contributed by atoms with Gasteiger partial charge < -0.3 is 9.15 Å². The minimum Gasteiger partial charge on any atom is -0.476 e. The normalized spacial score (nSPS) is 19.2. The second-order valence-electron chi connectivity index (χ2n) is 7.42. The first kappa shape index (κ1) is 15.8. The molecule has 0 unspecified atom stereocenters. The van der Waals surface area contributed by atoms with Crippen molar-refractivity contribution in [2.45, 2.75) is 38.1 Å². The molecule has 2 fully saturated rings. The van der Waals surface area contributed by atoms with Gasteiger partial charge in [0.2, 0.25) is 5.88 Å². The van der Waals surface area contributed by atoms with Crippen molar-refractivity contribution in [3.8, 4) is 5.88 Å². The van der Waals surface area contributed by atoms with Crippen LogP contribution in [0, 0.1) is 5.92 Å². The zero-order valence-electron chi connectivity index (χ0n) is 14.8. The lowest BCUT2D eigenvalue weighted by Gasteiger charge is -2.31. The molecule has 3 aromatic rings. The van der Waals surface area contributed by atoms with Crippen molar-refractivity contribution in [3.05, 3.63) is 42.4 Å². The fourth-order valence-corrected chi connectivity index (χ4v) is 3.59. The molecule has 7 heteroatoms. The Morgan fingerprint density at radius 2 is 2.04 bits per heavy atom. The van der Waals surface area contributed by atoms with E-state index in [9.17, 15) is 0 Å². The number of rotatable bonds is 6. The molecule has 1 saturated heterocycles. The fraction of sp³-hybridized carbons (Fsp3) is 0.526. The summed E-state index contributed by atoms with van der Waals surface area (Å²) < 4.78 is 12.9. The van der Waals surface area contributed by atoms with Crippen molar-refractivity contribution in [3.63, 3.8) is 0 Å². The summed E-state index contributed by atoms with van der Waals surface area (Å²) in [6, 6.07) is 3.92. The quantitative estimate of drug-likeness (QED) is 0.679. The standard InChI is InChI=1S/C19H23N5O2/c1-2-15(1)17-10-24-18(21-17)3-4-19(22-24)26-11-14-5-7-23(8-6-14)9-16-12-25-13-20-16/h3-4,10,12-15H,1-2,5-9,11H2. The highest BCUT2D eigenvalue weighted by Gasteiger charge is 2.26. The van der Waals surface area contributed by atoms with Gasteiger partial charge >= 0.3 is 0 Å². The summed E-state index contributed by atoms with van der Waals surface area (Å²) in [5.74, 6) is 1.90. The van der Waals surface area contributed by atoms with E-state index in [1.54, 1.807) is 6.26 Å². The molecular formula is C19H23N5O2. The van der Waals surface area contributed by atoms with Crippen molar-refractivity contribution in [2.24, 2.45) is 5.92 Å². The zero-order valence-corrected chi connectivity index (χ0v) is 14.8. The monoisotopic (exact) mass is 353 g/mol. The molecular weight excluding hydrogens is 330 g/mol. The van der Waals surface area contributed by atoms with E-state index in [1.807, 2.05) is 22.8 Å². The second-order valence-corrected chi connectivity index (χ2v) is 7.42. The third kappa shape index (κ3) is 3.44. The molecule has 4 heterocycles. The lowest BCUT2D eigenvalue weighted by molar-refractivity contribution is 0.133. The number of fused-ring (bicyclic) bond motifs is 1. The summed E-state index contributed by atoms with van der Waals surface area (Å²) in [7, 11) is 0. The van der Waals surface area contributed by atoms with Gasteiger partial charge in [0.05, 0.1) is 24.2 Å². The molecule has 2 aliphatic rings. The molecule has 26 heavy (non-hydrogen) atoms. The summed E-state index contributed by atoms with van der Waals surface area (Å²) in [4.78, 5) is 11.3. The van der Waals surface area contributed by atoms with Gasteiger partial charge in [-0.05, 0) is 50.8 Å². The van der Waals surface area contributed by atoms with Gasteiger partial charge in [0.1, 0.15) is 6.26 Å². The zero-order chi connectivity index (χ0) is 17.3. The molecule has 136 valence electrons.